The second kappa shape index (κ2) is 8.81. The molecule has 3 aromatic rings. The average Bonchev–Trinajstić information content (AvgIpc) is 2.72. The van der Waals surface area contributed by atoms with Gasteiger partial charge in [0.2, 0.25) is 0 Å². The minimum absolute atomic E-state index is 0.160. The van der Waals surface area contributed by atoms with Gasteiger partial charge in [0, 0.05) is 24.2 Å². The summed E-state index contributed by atoms with van der Waals surface area (Å²) in [4.78, 5) is 24.5. The van der Waals surface area contributed by atoms with E-state index in [0.29, 0.717) is 24.2 Å². The molecule has 0 fully saturated rings. The molecule has 0 bridgehead atoms. The van der Waals surface area contributed by atoms with Gasteiger partial charge in [-0.25, -0.2) is 0 Å². The van der Waals surface area contributed by atoms with E-state index in [-0.39, 0.29) is 11.8 Å². The highest BCUT2D eigenvalue weighted by Crippen LogP contribution is 2.07. The standard InChI is InChI=1S/C23H22N2O2/c1-17-7-9-19(10-8-17)16-25-23(27)21-13-11-20(12-14-21)22(26)24-15-18-5-3-2-4-6-18/h2-14H,15-16H2,1H3,(H,24,26)(H,25,27). The van der Waals surface area contributed by atoms with Crippen molar-refractivity contribution in [2.75, 3.05) is 0 Å². The second-order valence-electron chi connectivity index (χ2n) is 6.41. The van der Waals surface area contributed by atoms with Gasteiger partial charge in [0.1, 0.15) is 0 Å². The van der Waals surface area contributed by atoms with Gasteiger partial charge in [-0.1, -0.05) is 60.2 Å². The molecule has 0 radical (unpaired) electrons. The molecule has 0 unspecified atom stereocenters. The number of hydrogen-bond acceptors (Lipinski definition) is 2. The molecule has 27 heavy (non-hydrogen) atoms. The molecule has 3 aromatic carbocycles. The lowest BCUT2D eigenvalue weighted by molar-refractivity contribution is 0.0939. The molecule has 4 heteroatoms. The lowest BCUT2D eigenvalue weighted by Gasteiger charge is -2.08. The molecular weight excluding hydrogens is 336 g/mol. The van der Waals surface area contributed by atoms with Crippen LogP contribution in [0.25, 0.3) is 0 Å². The Hall–Kier alpha value is -3.40. The zero-order chi connectivity index (χ0) is 19.1. The zero-order valence-corrected chi connectivity index (χ0v) is 15.2. The third kappa shape index (κ3) is 5.28. The Labute approximate surface area is 159 Å². The summed E-state index contributed by atoms with van der Waals surface area (Å²) in [7, 11) is 0. The van der Waals surface area contributed by atoms with Crippen molar-refractivity contribution in [3.8, 4) is 0 Å². The number of aryl methyl sites for hydroxylation is 1. The van der Waals surface area contributed by atoms with E-state index in [9.17, 15) is 9.59 Å². The molecule has 0 atom stereocenters. The molecule has 0 aromatic heterocycles. The van der Waals surface area contributed by atoms with Gasteiger partial charge in [0.05, 0.1) is 0 Å². The minimum atomic E-state index is -0.162. The van der Waals surface area contributed by atoms with Crippen molar-refractivity contribution in [2.24, 2.45) is 0 Å². The first-order valence-electron chi connectivity index (χ1n) is 8.88. The van der Waals surface area contributed by atoms with Gasteiger partial charge in [0.25, 0.3) is 11.8 Å². The Kier molecular flexibility index (Phi) is 6.00. The van der Waals surface area contributed by atoms with E-state index >= 15 is 0 Å². The van der Waals surface area contributed by atoms with Gasteiger partial charge in [-0.2, -0.15) is 0 Å². The summed E-state index contributed by atoms with van der Waals surface area (Å²) >= 11 is 0. The molecule has 0 aliphatic heterocycles. The maximum Gasteiger partial charge on any atom is 0.251 e. The number of rotatable bonds is 6. The van der Waals surface area contributed by atoms with Gasteiger partial charge >= 0.3 is 0 Å². The number of carbonyl (C=O) groups is 2. The van der Waals surface area contributed by atoms with Crippen molar-refractivity contribution in [2.45, 2.75) is 20.0 Å². The van der Waals surface area contributed by atoms with Crippen molar-refractivity contribution >= 4 is 11.8 Å². The van der Waals surface area contributed by atoms with Crippen LogP contribution < -0.4 is 10.6 Å². The fraction of sp³-hybridized carbons (Fsp3) is 0.130. The first-order valence-corrected chi connectivity index (χ1v) is 8.88. The van der Waals surface area contributed by atoms with E-state index < -0.39 is 0 Å². The Morgan fingerprint density at radius 1 is 0.630 bits per heavy atom. The van der Waals surface area contributed by atoms with Crippen LogP contribution in [0.5, 0.6) is 0 Å². The molecular formula is C23H22N2O2. The van der Waals surface area contributed by atoms with E-state index in [1.165, 1.54) is 5.56 Å². The van der Waals surface area contributed by atoms with E-state index in [4.69, 9.17) is 0 Å². The normalized spacial score (nSPS) is 10.3. The lowest BCUT2D eigenvalue weighted by atomic mass is 10.1. The topological polar surface area (TPSA) is 58.2 Å². The number of hydrogen-bond donors (Lipinski definition) is 2. The van der Waals surface area contributed by atoms with Crippen LogP contribution in [-0.4, -0.2) is 11.8 Å². The SMILES string of the molecule is Cc1ccc(CNC(=O)c2ccc(C(=O)NCc3ccccc3)cc2)cc1. The van der Waals surface area contributed by atoms with Crippen LogP contribution in [0.4, 0.5) is 0 Å². The summed E-state index contributed by atoms with van der Waals surface area (Å²) in [6.07, 6.45) is 0. The van der Waals surface area contributed by atoms with E-state index in [1.807, 2.05) is 61.5 Å². The highest BCUT2D eigenvalue weighted by molar-refractivity contribution is 5.97. The van der Waals surface area contributed by atoms with Crippen LogP contribution in [-0.2, 0) is 13.1 Å². The molecule has 4 nitrogen and oxygen atoms in total. The smallest absolute Gasteiger partial charge is 0.251 e. The fourth-order valence-electron chi connectivity index (χ4n) is 2.64. The second-order valence-corrected chi connectivity index (χ2v) is 6.41. The van der Waals surface area contributed by atoms with Crippen LogP contribution in [0.1, 0.15) is 37.4 Å². The van der Waals surface area contributed by atoms with Crippen molar-refractivity contribution in [1.82, 2.24) is 10.6 Å². The third-order valence-corrected chi connectivity index (χ3v) is 4.28. The van der Waals surface area contributed by atoms with Crippen molar-refractivity contribution < 1.29 is 9.59 Å². The molecule has 136 valence electrons. The Balaban J connectivity index is 1.53. The molecule has 0 aliphatic rings. The van der Waals surface area contributed by atoms with E-state index in [0.717, 1.165) is 11.1 Å². The predicted octanol–water partition coefficient (Wildman–Crippen LogP) is 3.86. The molecule has 0 aliphatic carbocycles. The third-order valence-electron chi connectivity index (χ3n) is 4.28. The molecule has 0 saturated carbocycles. The van der Waals surface area contributed by atoms with Crippen molar-refractivity contribution in [3.05, 3.63) is 107 Å². The summed E-state index contributed by atoms with van der Waals surface area (Å²) < 4.78 is 0. The maximum absolute atomic E-state index is 12.3. The molecule has 0 saturated heterocycles. The fourth-order valence-corrected chi connectivity index (χ4v) is 2.64. The Bertz CT molecular complexity index is 901. The average molecular weight is 358 g/mol. The quantitative estimate of drug-likeness (QED) is 0.703. The monoisotopic (exact) mass is 358 g/mol. The summed E-state index contributed by atoms with van der Waals surface area (Å²) in [6.45, 7) is 2.97. The lowest BCUT2D eigenvalue weighted by Crippen LogP contribution is -2.24. The largest absolute Gasteiger partial charge is 0.348 e. The van der Waals surface area contributed by atoms with Crippen molar-refractivity contribution in [1.29, 1.82) is 0 Å². The number of carbonyl (C=O) groups excluding carboxylic acids is 2. The van der Waals surface area contributed by atoms with Crippen LogP contribution in [0.3, 0.4) is 0 Å². The molecule has 2 N–H and O–H groups in total. The maximum atomic E-state index is 12.3. The van der Waals surface area contributed by atoms with E-state index in [1.54, 1.807) is 24.3 Å². The molecule has 0 heterocycles. The van der Waals surface area contributed by atoms with Gasteiger partial charge < -0.3 is 10.6 Å². The summed E-state index contributed by atoms with van der Waals surface area (Å²) in [5.74, 6) is -0.322. The van der Waals surface area contributed by atoms with Gasteiger partial charge in [-0.05, 0) is 42.3 Å². The van der Waals surface area contributed by atoms with Gasteiger partial charge in [-0.3, -0.25) is 9.59 Å². The Morgan fingerprint density at radius 2 is 1.07 bits per heavy atom. The number of amides is 2. The predicted molar refractivity (Wildman–Crippen MR) is 106 cm³/mol. The van der Waals surface area contributed by atoms with E-state index in [2.05, 4.69) is 10.6 Å². The zero-order valence-electron chi connectivity index (χ0n) is 15.2. The van der Waals surface area contributed by atoms with Gasteiger partial charge in [0.15, 0.2) is 0 Å². The van der Waals surface area contributed by atoms with Crippen LogP contribution in [0, 0.1) is 6.92 Å². The van der Waals surface area contributed by atoms with Crippen LogP contribution in [0.2, 0.25) is 0 Å². The van der Waals surface area contributed by atoms with Crippen LogP contribution >= 0.6 is 0 Å². The van der Waals surface area contributed by atoms with Gasteiger partial charge in [-0.15, -0.1) is 0 Å². The minimum Gasteiger partial charge on any atom is -0.348 e. The summed E-state index contributed by atoms with van der Waals surface area (Å²) in [5, 5.41) is 5.77. The van der Waals surface area contributed by atoms with Crippen LogP contribution in [0.15, 0.2) is 78.9 Å². The molecule has 3 rings (SSSR count). The summed E-state index contributed by atoms with van der Waals surface area (Å²) in [6, 6.07) is 24.4. The first-order chi connectivity index (χ1) is 13.1. The molecule has 2 amide bonds. The van der Waals surface area contributed by atoms with Crippen molar-refractivity contribution in [3.63, 3.8) is 0 Å². The highest BCUT2D eigenvalue weighted by atomic mass is 16.2. The Morgan fingerprint density at radius 3 is 1.56 bits per heavy atom. The first kappa shape index (κ1) is 18.4. The summed E-state index contributed by atoms with van der Waals surface area (Å²) in [5.41, 5.74) is 4.33. The number of nitrogens with one attached hydrogen (secondary N) is 2. The molecule has 0 spiro atoms. The highest BCUT2D eigenvalue weighted by Gasteiger charge is 2.09. The number of benzene rings is 3.